The van der Waals surface area contributed by atoms with Crippen molar-refractivity contribution >= 4 is 17.1 Å². The zero-order valence-corrected chi connectivity index (χ0v) is 17.2. The number of fused-ring (bicyclic) bond motifs is 1. The van der Waals surface area contributed by atoms with Gasteiger partial charge < -0.3 is 4.57 Å². The van der Waals surface area contributed by atoms with E-state index in [9.17, 15) is 0 Å². The molecule has 0 bridgehead atoms. The molecule has 5 heteroatoms. The number of rotatable bonds is 7. The summed E-state index contributed by atoms with van der Waals surface area (Å²) in [5, 5.41) is 9.88. The van der Waals surface area contributed by atoms with Crippen molar-refractivity contribution in [1.29, 1.82) is 0 Å². The van der Waals surface area contributed by atoms with E-state index >= 15 is 0 Å². The minimum absolute atomic E-state index is 0.668. The van der Waals surface area contributed by atoms with E-state index in [-0.39, 0.29) is 0 Å². The van der Waals surface area contributed by atoms with E-state index in [2.05, 4.69) is 74.6 Å². The van der Waals surface area contributed by atoms with Crippen molar-refractivity contribution in [3.63, 3.8) is 0 Å². The van der Waals surface area contributed by atoms with Crippen molar-refractivity contribution in [2.75, 3.05) is 0 Å². The maximum Gasteiger partial charge on any atom is 0.102 e. The minimum atomic E-state index is 0.668. The molecule has 0 amide bonds. The Hall–Kier alpha value is -3.99. The summed E-state index contributed by atoms with van der Waals surface area (Å²) < 4.78 is 4.11. The molecule has 0 unspecified atom stereocenters. The van der Waals surface area contributed by atoms with Crippen molar-refractivity contribution in [2.24, 2.45) is 4.99 Å². The molecule has 0 atom stereocenters. The van der Waals surface area contributed by atoms with Gasteiger partial charge in [-0.15, -0.1) is 5.10 Å². The Kier molecular flexibility index (Phi) is 5.39. The van der Waals surface area contributed by atoms with Gasteiger partial charge in [0.2, 0.25) is 0 Å². The predicted molar refractivity (Wildman–Crippen MR) is 124 cm³/mol. The van der Waals surface area contributed by atoms with Crippen molar-refractivity contribution in [1.82, 2.24) is 19.6 Å². The molecule has 152 valence electrons. The van der Waals surface area contributed by atoms with Crippen molar-refractivity contribution in [3.05, 3.63) is 120 Å². The van der Waals surface area contributed by atoms with Crippen LogP contribution < -0.4 is 0 Å². The molecule has 0 aliphatic rings. The molecule has 0 radical (unpaired) electrons. The first kappa shape index (κ1) is 19.0. The first-order chi connectivity index (χ1) is 15.3. The third-order valence-electron chi connectivity index (χ3n) is 5.27. The summed E-state index contributed by atoms with van der Waals surface area (Å²) in [6.07, 6.45) is 6.14. The lowest BCUT2D eigenvalue weighted by molar-refractivity contribution is 0.649. The van der Waals surface area contributed by atoms with E-state index in [1.54, 1.807) is 0 Å². The van der Waals surface area contributed by atoms with Gasteiger partial charge in [-0.25, -0.2) is 4.68 Å². The molecule has 0 spiro atoms. The van der Waals surface area contributed by atoms with Crippen LogP contribution in [0.25, 0.3) is 10.9 Å². The second-order valence-corrected chi connectivity index (χ2v) is 7.58. The van der Waals surface area contributed by atoms with Crippen LogP contribution in [-0.2, 0) is 19.6 Å². The fraction of sp³-hybridized carbons (Fsp3) is 0.115. The normalized spacial score (nSPS) is 11.5. The Bertz CT molecular complexity index is 1300. The lowest BCUT2D eigenvalue weighted by Crippen LogP contribution is -2.00. The Morgan fingerprint density at radius 1 is 0.742 bits per heavy atom. The maximum absolute atomic E-state index is 4.66. The second-order valence-electron chi connectivity index (χ2n) is 7.58. The third kappa shape index (κ3) is 4.46. The SMILES string of the molecule is C(=NCc1ccccc1)c1cn(Cc2cn(Cc3ccccc3)nn2)c2ccccc12. The van der Waals surface area contributed by atoms with Crippen LogP contribution in [0.1, 0.15) is 22.4 Å². The van der Waals surface area contributed by atoms with Gasteiger partial charge in [-0.2, -0.15) is 0 Å². The summed E-state index contributed by atoms with van der Waals surface area (Å²) in [6, 6.07) is 29.0. The van der Waals surface area contributed by atoms with Gasteiger partial charge >= 0.3 is 0 Å². The van der Waals surface area contributed by atoms with E-state index in [1.807, 2.05) is 53.5 Å². The zero-order chi connectivity index (χ0) is 20.9. The van der Waals surface area contributed by atoms with E-state index in [4.69, 9.17) is 0 Å². The molecule has 5 rings (SSSR count). The molecule has 5 nitrogen and oxygen atoms in total. The largest absolute Gasteiger partial charge is 0.341 e. The van der Waals surface area contributed by atoms with Gasteiger partial charge in [0.25, 0.3) is 0 Å². The third-order valence-corrected chi connectivity index (χ3v) is 5.27. The molecular weight excluding hydrogens is 382 g/mol. The summed E-state index contributed by atoms with van der Waals surface area (Å²) in [7, 11) is 0. The average molecular weight is 406 g/mol. The maximum atomic E-state index is 4.66. The lowest BCUT2D eigenvalue weighted by Gasteiger charge is -2.02. The number of aliphatic imine (C=N–C) groups is 1. The predicted octanol–water partition coefficient (Wildman–Crippen LogP) is 4.95. The highest BCUT2D eigenvalue weighted by molar-refractivity contribution is 5.99. The molecule has 0 aliphatic carbocycles. The van der Waals surface area contributed by atoms with Gasteiger partial charge in [-0.3, -0.25) is 4.99 Å². The average Bonchev–Trinajstić information content (AvgIpc) is 3.40. The molecule has 0 saturated heterocycles. The van der Waals surface area contributed by atoms with Gasteiger partial charge in [-0.1, -0.05) is 84.1 Å². The Morgan fingerprint density at radius 2 is 1.45 bits per heavy atom. The van der Waals surface area contributed by atoms with Crippen molar-refractivity contribution < 1.29 is 0 Å². The molecular formula is C26H23N5. The van der Waals surface area contributed by atoms with Gasteiger partial charge in [0.1, 0.15) is 5.69 Å². The standard InChI is InChI=1S/C26H23N5/c1-3-9-21(10-4-1)15-27-16-23-18-30(26-14-8-7-13-25(23)26)19-24-20-31(29-28-24)17-22-11-5-2-6-12-22/h1-14,16,18,20H,15,17,19H2. The number of benzene rings is 3. The van der Waals surface area contributed by atoms with Crippen LogP contribution in [0, 0.1) is 0 Å². The summed E-state index contributed by atoms with van der Waals surface area (Å²) in [5.74, 6) is 0. The summed E-state index contributed by atoms with van der Waals surface area (Å²) >= 11 is 0. The molecule has 5 aromatic rings. The second kappa shape index (κ2) is 8.79. The van der Waals surface area contributed by atoms with Gasteiger partial charge in [0.15, 0.2) is 0 Å². The first-order valence-electron chi connectivity index (χ1n) is 10.4. The molecule has 0 N–H and O–H groups in total. The van der Waals surface area contributed by atoms with Crippen LogP contribution in [0.5, 0.6) is 0 Å². The van der Waals surface area contributed by atoms with Crippen molar-refractivity contribution in [2.45, 2.75) is 19.6 Å². The fourth-order valence-electron chi connectivity index (χ4n) is 3.77. The number of hydrogen-bond acceptors (Lipinski definition) is 3. The van der Waals surface area contributed by atoms with Crippen LogP contribution in [0.4, 0.5) is 0 Å². The number of para-hydroxylation sites is 1. The quantitative estimate of drug-likeness (QED) is 0.360. The summed E-state index contributed by atoms with van der Waals surface area (Å²) in [5.41, 5.74) is 5.63. The topological polar surface area (TPSA) is 48.0 Å². The summed E-state index contributed by atoms with van der Waals surface area (Å²) in [4.78, 5) is 4.66. The number of hydrogen-bond donors (Lipinski definition) is 0. The van der Waals surface area contributed by atoms with E-state index < -0.39 is 0 Å². The smallest absolute Gasteiger partial charge is 0.102 e. The van der Waals surface area contributed by atoms with Gasteiger partial charge in [0.05, 0.1) is 25.8 Å². The van der Waals surface area contributed by atoms with Gasteiger partial charge in [0, 0.05) is 28.9 Å². The number of nitrogens with zero attached hydrogens (tertiary/aromatic N) is 5. The van der Waals surface area contributed by atoms with E-state index in [0.717, 1.165) is 17.8 Å². The highest BCUT2D eigenvalue weighted by atomic mass is 15.4. The lowest BCUT2D eigenvalue weighted by atomic mass is 10.2. The summed E-state index contributed by atoms with van der Waals surface area (Å²) in [6.45, 7) is 2.06. The van der Waals surface area contributed by atoms with Crippen LogP contribution in [0.2, 0.25) is 0 Å². The van der Waals surface area contributed by atoms with Crippen LogP contribution in [-0.4, -0.2) is 25.8 Å². The monoisotopic (exact) mass is 405 g/mol. The molecule has 31 heavy (non-hydrogen) atoms. The minimum Gasteiger partial charge on any atom is -0.341 e. The molecule has 0 aliphatic heterocycles. The first-order valence-corrected chi connectivity index (χ1v) is 10.4. The molecule has 0 saturated carbocycles. The van der Waals surface area contributed by atoms with Gasteiger partial charge in [-0.05, 0) is 17.2 Å². The van der Waals surface area contributed by atoms with E-state index in [1.165, 1.54) is 22.0 Å². The fourth-order valence-corrected chi connectivity index (χ4v) is 3.77. The zero-order valence-electron chi connectivity index (χ0n) is 17.2. The van der Waals surface area contributed by atoms with Crippen molar-refractivity contribution in [3.8, 4) is 0 Å². The van der Waals surface area contributed by atoms with Crippen LogP contribution in [0.15, 0.2) is 102 Å². The molecule has 0 fully saturated rings. The molecule has 2 heterocycles. The Balaban J connectivity index is 1.36. The van der Waals surface area contributed by atoms with Crippen LogP contribution in [0.3, 0.4) is 0 Å². The van der Waals surface area contributed by atoms with Crippen LogP contribution >= 0.6 is 0 Å². The molecule has 3 aromatic carbocycles. The Morgan fingerprint density at radius 3 is 2.26 bits per heavy atom. The Labute approximate surface area is 181 Å². The highest BCUT2D eigenvalue weighted by Gasteiger charge is 2.09. The highest BCUT2D eigenvalue weighted by Crippen LogP contribution is 2.21. The molecule has 2 aromatic heterocycles. The van der Waals surface area contributed by atoms with E-state index in [0.29, 0.717) is 13.1 Å². The number of aromatic nitrogens is 4.